The topological polar surface area (TPSA) is 79.4 Å². The second-order valence-corrected chi connectivity index (χ2v) is 5.29. The van der Waals surface area contributed by atoms with E-state index in [0.29, 0.717) is 31.2 Å². The molecule has 0 saturated carbocycles. The molecule has 114 valence electrons. The van der Waals surface area contributed by atoms with Crippen LogP contribution in [0.25, 0.3) is 0 Å². The number of nitrogens with zero attached hydrogens (tertiary/aromatic N) is 3. The number of nitriles is 1. The van der Waals surface area contributed by atoms with Crippen LogP contribution in [0.3, 0.4) is 0 Å². The van der Waals surface area contributed by atoms with Crippen molar-refractivity contribution >= 4 is 5.69 Å². The minimum absolute atomic E-state index is 0.0515. The fourth-order valence-electron chi connectivity index (χ4n) is 2.20. The lowest BCUT2D eigenvalue weighted by Crippen LogP contribution is -2.28. The van der Waals surface area contributed by atoms with Crippen molar-refractivity contribution in [1.82, 2.24) is 4.90 Å². The summed E-state index contributed by atoms with van der Waals surface area (Å²) in [5, 5.41) is 19.6. The van der Waals surface area contributed by atoms with Gasteiger partial charge in [-0.2, -0.15) is 5.26 Å². The van der Waals surface area contributed by atoms with Crippen molar-refractivity contribution in [3.8, 4) is 11.8 Å². The molecule has 0 N–H and O–H groups in total. The minimum Gasteiger partial charge on any atom is -0.496 e. The number of hydrogen-bond donors (Lipinski definition) is 0. The van der Waals surface area contributed by atoms with Crippen LogP contribution in [0.1, 0.15) is 25.8 Å². The van der Waals surface area contributed by atoms with E-state index < -0.39 is 4.92 Å². The van der Waals surface area contributed by atoms with Gasteiger partial charge in [0.2, 0.25) is 0 Å². The van der Waals surface area contributed by atoms with E-state index in [1.54, 1.807) is 19.2 Å². The Morgan fingerprint density at radius 1 is 1.48 bits per heavy atom. The first-order valence-electron chi connectivity index (χ1n) is 6.88. The van der Waals surface area contributed by atoms with E-state index in [9.17, 15) is 10.1 Å². The van der Waals surface area contributed by atoms with E-state index in [0.717, 1.165) is 12.1 Å². The third-order valence-corrected chi connectivity index (χ3v) is 3.03. The second kappa shape index (κ2) is 8.22. The average molecular weight is 291 g/mol. The van der Waals surface area contributed by atoms with E-state index in [2.05, 4.69) is 24.8 Å². The first kappa shape index (κ1) is 16.9. The summed E-state index contributed by atoms with van der Waals surface area (Å²) < 4.78 is 5.28. The van der Waals surface area contributed by atoms with Gasteiger partial charge in [-0.3, -0.25) is 15.0 Å². The monoisotopic (exact) mass is 291 g/mol. The second-order valence-electron chi connectivity index (χ2n) is 5.29. The molecule has 6 nitrogen and oxygen atoms in total. The molecule has 0 atom stereocenters. The van der Waals surface area contributed by atoms with Crippen LogP contribution < -0.4 is 4.74 Å². The zero-order valence-corrected chi connectivity index (χ0v) is 12.7. The Morgan fingerprint density at radius 3 is 2.71 bits per heavy atom. The van der Waals surface area contributed by atoms with Gasteiger partial charge >= 0.3 is 0 Å². The van der Waals surface area contributed by atoms with Crippen LogP contribution in [0.4, 0.5) is 5.69 Å². The average Bonchev–Trinajstić information content (AvgIpc) is 2.44. The number of benzene rings is 1. The predicted octanol–water partition coefficient (Wildman–Crippen LogP) is 2.98. The van der Waals surface area contributed by atoms with Gasteiger partial charge in [0.1, 0.15) is 5.75 Å². The van der Waals surface area contributed by atoms with E-state index in [1.165, 1.54) is 6.07 Å². The number of rotatable bonds is 8. The van der Waals surface area contributed by atoms with Gasteiger partial charge in [0.15, 0.2) is 0 Å². The van der Waals surface area contributed by atoms with Crippen LogP contribution in [0.15, 0.2) is 18.2 Å². The Morgan fingerprint density at radius 2 is 2.19 bits per heavy atom. The Labute approximate surface area is 125 Å². The highest BCUT2D eigenvalue weighted by molar-refractivity contribution is 5.43. The highest BCUT2D eigenvalue weighted by Crippen LogP contribution is 2.25. The van der Waals surface area contributed by atoms with E-state index >= 15 is 0 Å². The predicted molar refractivity (Wildman–Crippen MR) is 80.0 cm³/mol. The van der Waals surface area contributed by atoms with Crippen molar-refractivity contribution in [2.75, 3.05) is 20.2 Å². The Kier molecular flexibility index (Phi) is 6.63. The van der Waals surface area contributed by atoms with Crippen LogP contribution in [-0.4, -0.2) is 30.0 Å². The SMILES string of the molecule is COc1ccc([N+](=O)[O-])cc1CN(CCC#N)CC(C)C. The first-order valence-corrected chi connectivity index (χ1v) is 6.88. The summed E-state index contributed by atoms with van der Waals surface area (Å²) in [6.07, 6.45) is 0.434. The van der Waals surface area contributed by atoms with Crippen molar-refractivity contribution in [3.63, 3.8) is 0 Å². The van der Waals surface area contributed by atoms with Gasteiger partial charge in [0.05, 0.1) is 18.1 Å². The van der Waals surface area contributed by atoms with Crippen LogP contribution in [0, 0.1) is 27.4 Å². The maximum absolute atomic E-state index is 10.9. The molecule has 0 heterocycles. The van der Waals surface area contributed by atoms with Crippen molar-refractivity contribution in [3.05, 3.63) is 33.9 Å². The molecule has 0 aliphatic rings. The number of nitro benzene ring substituents is 1. The molecule has 0 saturated heterocycles. The number of nitro groups is 1. The maximum Gasteiger partial charge on any atom is 0.270 e. The molecular weight excluding hydrogens is 270 g/mol. The Balaban J connectivity index is 2.97. The first-order chi connectivity index (χ1) is 9.97. The molecule has 0 amide bonds. The third kappa shape index (κ3) is 5.40. The number of non-ortho nitro benzene ring substituents is 1. The molecule has 1 aromatic carbocycles. The van der Waals surface area contributed by atoms with Gasteiger partial charge in [-0.15, -0.1) is 0 Å². The molecule has 1 rings (SSSR count). The zero-order chi connectivity index (χ0) is 15.8. The van der Waals surface area contributed by atoms with Gasteiger partial charge in [-0.25, -0.2) is 0 Å². The van der Waals surface area contributed by atoms with Gasteiger partial charge in [0, 0.05) is 43.8 Å². The Hall–Kier alpha value is -2.13. The molecule has 6 heteroatoms. The number of methoxy groups -OCH3 is 1. The molecule has 21 heavy (non-hydrogen) atoms. The molecule has 0 spiro atoms. The molecule has 0 aliphatic carbocycles. The summed E-state index contributed by atoms with van der Waals surface area (Å²) in [5.41, 5.74) is 0.820. The highest BCUT2D eigenvalue weighted by Gasteiger charge is 2.15. The van der Waals surface area contributed by atoms with Gasteiger partial charge in [-0.1, -0.05) is 13.8 Å². The highest BCUT2D eigenvalue weighted by atomic mass is 16.6. The minimum atomic E-state index is -0.412. The molecule has 0 radical (unpaired) electrons. The largest absolute Gasteiger partial charge is 0.496 e. The quantitative estimate of drug-likeness (QED) is 0.543. The summed E-state index contributed by atoms with van der Waals surface area (Å²) in [6, 6.07) is 6.73. The van der Waals surface area contributed by atoms with Crippen molar-refractivity contribution < 1.29 is 9.66 Å². The summed E-state index contributed by atoms with van der Waals surface area (Å²) in [5.74, 6) is 1.08. The van der Waals surface area contributed by atoms with Crippen LogP contribution in [0.5, 0.6) is 5.75 Å². The van der Waals surface area contributed by atoms with Crippen molar-refractivity contribution in [1.29, 1.82) is 5.26 Å². The standard InChI is InChI=1S/C15H21N3O3/c1-12(2)10-17(8-4-7-16)11-13-9-14(18(19)20)5-6-15(13)21-3/h5-6,9,12H,4,8,10-11H2,1-3H3. The maximum atomic E-state index is 10.9. The van der Waals surface area contributed by atoms with Crippen LogP contribution >= 0.6 is 0 Å². The Bertz CT molecular complexity index is 523. The van der Waals surface area contributed by atoms with Gasteiger partial charge in [0.25, 0.3) is 5.69 Å². The van der Waals surface area contributed by atoms with Gasteiger partial charge in [-0.05, 0) is 12.0 Å². The fraction of sp³-hybridized carbons (Fsp3) is 0.533. The fourth-order valence-corrected chi connectivity index (χ4v) is 2.20. The molecule has 0 aliphatic heterocycles. The lowest BCUT2D eigenvalue weighted by molar-refractivity contribution is -0.385. The molecular formula is C15H21N3O3. The smallest absolute Gasteiger partial charge is 0.270 e. The molecule has 0 bridgehead atoms. The summed E-state index contributed by atoms with van der Waals surface area (Å²) in [4.78, 5) is 12.6. The molecule has 0 unspecified atom stereocenters. The number of hydrogen-bond acceptors (Lipinski definition) is 5. The molecule has 0 fully saturated rings. The summed E-state index contributed by atoms with van der Waals surface area (Å²) in [7, 11) is 1.55. The van der Waals surface area contributed by atoms with Gasteiger partial charge < -0.3 is 4.74 Å². The van der Waals surface area contributed by atoms with E-state index in [-0.39, 0.29) is 5.69 Å². The van der Waals surface area contributed by atoms with E-state index in [1.807, 2.05) is 0 Å². The summed E-state index contributed by atoms with van der Waals surface area (Å²) >= 11 is 0. The zero-order valence-electron chi connectivity index (χ0n) is 12.7. The van der Waals surface area contributed by atoms with Crippen molar-refractivity contribution in [2.24, 2.45) is 5.92 Å². The van der Waals surface area contributed by atoms with Crippen LogP contribution in [0.2, 0.25) is 0 Å². The molecule has 0 aromatic heterocycles. The van der Waals surface area contributed by atoms with Crippen LogP contribution in [-0.2, 0) is 6.54 Å². The van der Waals surface area contributed by atoms with Crippen molar-refractivity contribution in [2.45, 2.75) is 26.8 Å². The third-order valence-electron chi connectivity index (χ3n) is 3.03. The van der Waals surface area contributed by atoms with E-state index in [4.69, 9.17) is 10.00 Å². The lowest BCUT2D eigenvalue weighted by Gasteiger charge is -2.24. The molecule has 1 aromatic rings. The summed E-state index contributed by atoms with van der Waals surface area (Å²) in [6.45, 7) is 6.20. The normalized spacial score (nSPS) is 10.7. The lowest BCUT2D eigenvalue weighted by atomic mass is 10.1. The number of ether oxygens (including phenoxy) is 1.